The summed E-state index contributed by atoms with van der Waals surface area (Å²) in [4.78, 5) is 7.28. The Bertz CT molecular complexity index is 428. The minimum Gasteiger partial charge on any atom is -0.356 e. The van der Waals surface area contributed by atoms with E-state index in [0.717, 1.165) is 37.8 Å². The fourth-order valence-electron chi connectivity index (χ4n) is 2.84. The molecule has 0 spiro atoms. The fraction of sp³-hybridized carbons (Fsp3) is 0.688. The van der Waals surface area contributed by atoms with Crippen LogP contribution in [0.15, 0.2) is 6.07 Å². The highest BCUT2D eigenvalue weighted by Gasteiger charge is 2.23. The second-order valence-electron chi connectivity index (χ2n) is 5.90. The van der Waals surface area contributed by atoms with Crippen LogP contribution in [0.25, 0.3) is 0 Å². The fourth-order valence-corrected chi connectivity index (χ4v) is 2.84. The maximum absolute atomic E-state index is 4.82. The number of nitrogens with zero attached hydrogens (tertiary/aromatic N) is 2. The van der Waals surface area contributed by atoms with Crippen LogP contribution in [0.3, 0.4) is 0 Å². The Morgan fingerprint density at radius 1 is 1.42 bits per heavy atom. The first-order valence-electron chi connectivity index (χ1n) is 7.54. The summed E-state index contributed by atoms with van der Waals surface area (Å²) in [7, 11) is 0. The third-order valence-electron chi connectivity index (χ3n) is 3.91. The van der Waals surface area contributed by atoms with Gasteiger partial charge in [0.2, 0.25) is 0 Å². The van der Waals surface area contributed by atoms with Gasteiger partial charge in [0, 0.05) is 30.9 Å². The van der Waals surface area contributed by atoms with Gasteiger partial charge in [-0.3, -0.25) is 0 Å². The van der Waals surface area contributed by atoms with E-state index in [1.807, 2.05) is 0 Å². The predicted molar refractivity (Wildman–Crippen MR) is 81.7 cm³/mol. The van der Waals surface area contributed by atoms with Gasteiger partial charge in [0.05, 0.1) is 0 Å². The van der Waals surface area contributed by atoms with Gasteiger partial charge in [-0.25, -0.2) is 4.98 Å². The van der Waals surface area contributed by atoms with Crippen LogP contribution in [-0.4, -0.2) is 24.6 Å². The average molecular weight is 261 g/mol. The van der Waals surface area contributed by atoms with Crippen molar-refractivity contribution in [2.75, 3.05) is 24.5 Å². The molecule has 1 aliphatic heterocycles. The van der Waals surface area contributed by atoms with Gasteiger partial charge >= 0.3 is 0 Å². The highest BCUT2D eigenvalue weighted by atomic mass is 15.2. The van der Waals surface area contributed by atoms with Gasteiger partial charge < -0.3 is 10.2 Å². The van der Waals surface area contributed by atoms with Crippen molar-refractivity contribution in [2.45, 2.75) is 47.1 Å². The number of nitrogens with one attached hydrogen (secondary N) is 1. The molecule has 1 atom stereocenters. The lowest BCUT2D eigenvalue weighted by Gasteiger charge is -2.23. The molecule has 0 radical (unpaired) electrons. The van der Waals surface area contributed by atoms with Crippen molar-refractivity contribution in [3.63, 3.8) is 0 Å². The molecule has 19 heavy (non-hydrogen) atoms. The summed E-state index contributed by atoms with van der Waals surface area (Å²) in [6, 6.07) is 2.20. The second-order valence-corrected chi connectivity index (χ2v) is 5.90. The summed E-state index contributed by atoms with van der Waals surface area (Å²) in [6.07, 6.45) is 2.46. The smallest absolute Gasteiger partial charge is 0.133 e. The standard InChI is InChI=1S/C16H27N3/c1-5-7-17-10-15-13(3)9-14(4)18-16(15)19-8-6-12(2)11-19/h9,12,17H,5-8,10-11H2,1-4H3. The molecular weight excluding hydrogens is 234 g/mol. The van der Waals surface area contributed by atoms with Gasteiger partial charge in [-0.15, -0.1) is 0 Å². The summed E-state index contributed by atoms with van der Waals surface area (Å²) in [5.41, 5.74) is 3.88. The van der Waals surface area contributed by atoms with Crippen molar-refractivity contribution in [1.82, 2.24) is 10.3 Å². The number of aromatic nitrogens is 1. The Kier molecular flexibility index (Phi) is 4.81. The van der Waals surface area contributed by atoms with Crippen LogP contribution in [0.2, 0.25) is 0 Å². The minimum absolute atomic E-state index is 0.791. The Morgan fingerprint density at radius 3 is 2.84 bits per heavy atom. The van der Waals surface area contributed by atoms with E-state index in [1.165, 1.54) is 29.8 Å². The molecular formula is C16H27N3. The number of hydrogen-bond acceptors (Lipinski definition) is 3. The Labute approximate surface area is 117 Å². The Balaban J connectivity index is 2.23. The zero-order valence-corrected chi connectivity index (χ0v) is 12.8. The topological polar surface area (TPSA) is 28.2 Å². The van der Waals surface area contributed by atoms with E-state index < -0.39 is 0 Å². The van der Waals surface area contributed by atoms with Crippen LogP contribution < -0.4 is 10.2 Å². The van der Waals surface area contributed by atoms with E-state index in [9.17, 15) is 0 Å². The van der Waals surface area contributed by atoms with Crippen LogP contribution in [0.4, 0.5) is 5.82 Å². The average Bonchev–Trinajstić information content (AvgIpc) is 2.78. The first kappa shape index (κ1) is 14.3. The van der Waals surface area contributed by atoms with Gasteiger partial charge in [-0.1, -0.05) is 13.8 Å². The molecule has 1 fully saturated rings. The lowest BCUT2D eigenvalue weighted by atomic mass is 10.1. The zero-order chi connectivity index (χ0) is 13.8. The lowest BCUT2D eigenvalue weighted by molar-refractivity contribution is 0.654. The minimum atomic E-state index is 0.791. The Hall–Kier alpha value is -1.09. The third kappa shape index (κ3) is 3.47. The molecule has 1 aromatic heterocycles. The van der Waals surface area contributed by atoms with E-state index >= 15 is 0 Å². The summed E-state index contributed by atoms with van der Waals surface area (Å²) < 4.78 is 0. The molecule has 3 heteroatoms. The molecule has 0 aliphatic carbocycles. The monoisotopic (exact) mass is 261 g/mol. The zero-order valence-electron chi connectivity index (χ0n) is 12.8. The normalized spacial score (nSPS) is 19.2. The van der Waals surface area contributed by atoms with Gasteiger partial charge in [-0.05, 0) is 50.8 Å². The van der Waals surface area contributed by atoms with Crippen LogP contribution in [0, 0.1) is 19.8 Å². The van der Waals surface area contributed by atoms with E-state index in [0.29, 0.717) is 0 Å². The molecule has 1 N–H and O–H groups in total. The van der Waals surface area contributed by atoms with E-state index in [2.05, 4.69) is 44.0 Å². The summed E-state index contributed by atoms with van der Waals surface area (Å²) >= 11 is 0. The van der Waals surface area contributed by atoms with Gasteiger partial charge in [-0.2, -0.15) is 0 Å². The highest BCUT2D eigenvalue weighted by molar-refractivity contribution is 5.52. The number of pyridine rings is 1. The van der Waals surface area contributed by atoms with E-state index in [-0.39, 0.29) is 0 Å². The van der Waals surface area contributed by atoms with E-state index in [1.54, 1.807) is 0 Å². The van der Waals surface area contributed by atoms with Gasteiger partial charge in [0.25, 0.3) is 0 Å². The second kappa shape index (κ2) is 6.38. The molecule has 2 heterocycles. The maximum Gasteiger partial charge on any atom is 0.133 e. The molecule has 0 saturated carbocycles. The summed E-state index contributed by atoms with van der Waals surface area (Å²) in [5, 5.41) is 3.52. The van der Waals surface area contributed by atoms with Crippen molar-refractivity contribution >= 4 is 5.82 Å². The molecule has 1 aliphatic rings. The number of aryl methyl sites for hydroxylation is 2. The van der Waals surface area contributed by atoms with Crippen LogP contribution in [0.1, 0.15) is 43.5 Å². The molecule has 1 saturated heterocycles. The lowest BCUT2D eigenvalue weighted by Crippen LogP contribution is -2.25. The molecule has 0 amide bonds. The van der Waals surface area contributed by atoms with E-state index in [4.69, 9.17) is 4.98 Å². The molecule has 0 bridgehead atoms. The number of hydrogen-bond donors (Lipinski definition) is 1. The first-order chi connectivity index (χ1) is 9.11. The Morgan fingerprint density at radius 2 is 2.21 bits per heavy atom. The summed E-state index contributed by atoms with van der Waals surface area (Å²) in [6.45, 7) is 13.2. The maximum atomic E-state index is 4.82. The SMILES string of the molecule is CCCNCc1c(C)cc(C)nc1N1CCC(C)C1. The largest absolute Gasteiger partial charge is 0.356 e. The van der Waals surface area contributed by atoms with Crippen molar-refractivity contribution in [3.8, 4) is 0 Å². The van der Waals surface area contributed by atoms with Crippen molar-refractivity contribution < 1.29 is 0 Å². The molecule has 106 valence electrons. The first-order valence-corrected chi connectivity index (χ1v) is 7.54. The van der Waals surface area contributed by atoms with Crippen molar-refractivity contribution in [1.29, 1.82) is 0 Å². The molecule has 2 rings (SSSR count). The quantitative estimate of drug-likeness (QED) is 0.826. The van der Waals surface area contributed by atoms with Crippen LogP contribution >= 0.6 is 0 Å². The number of anilines is 1. The summed E-state index contributed by atoms with van der Waals surface area (Å²) in [5.74, 6) is 2.00. The van der Waals surface area contributed by atoms with Crippen LogP contribution in [0.5, 0.6) is 0 Å². The molecule has 1 unspecified atom stereocenters. The highest BCUT2D eigenvalue weighted by Crippen LogP contribution is 2.27. The van der Waals surface area contributed by atoms with Crippen molar-refractivity contribution in [2.24, 2.45) is 5.92 Å². The number of rotatable bonds is 5. The van der Waals surface area contributed by atoms with Crippen LogP contribution in [-0.2, 0) is 6.54 Å². The predicted octanol–water partition coefficient (Wildman–Crippen LogP) is 3.04. The van der Waals surface area contributed by atoms with Gasteiger partial charge in [0.1, 0.15) is 5.82 Å². The molecule has 0 aromatic carbocycles. The molecule has 1 aromatic rings. The van der Waals surface area contributed by atoms with Crippen molar-refractivity contribution in [3.05, 3.63) is 22.9 Å². The van der Waals surface area contributed by atoms with Gasteiger partial charge in [0.15, 0.2) is 0 Å². The third-order valence-corrected chi connectivity index (χ3v) is 3.91. The molecule has 3 nitrogen and oxygen atoms in total.